The van der Waals surface area contributed by atoms with E-state index in [9.17, 15) is 4.79 Å². The molecular weight excluding hydrogens is 404 g/mol. The van der Waals surface area contributed by atoms with E-state index in [1.807, 2.05) is 43.3 Å². The van der Waals surface area contributed by atoms with Gasteiger partial charge in [0.1, 0.15) is 6.61 Å². The van der Waals surface area contributed by atoms with Crippen LogP contribution in [0.2, 0.25) is 5.02 Å². The number of nitrogens with zero attached hydrogens (tertiary/aromatic N) is 2. The summed E-state index contributed by atoms with van der Waals surface area (Å²) in [5.41, 5.74) is 5.05. The monoisotopic (exact) mass is 426 g/mol. The number of anilines is 1. The Morgan fingerprint density at radius 2 is 1.97 bits per heavy atom. The first kappa shape index (κ1) is 21.4. The summed E-state index contributed by atoms with van der Waals surface area (Å²) in [6.07, 6.45) is 3.25. The van der Waals surface area contributed by atoms with Crippen LogP contribution in [0.4, 0.5) is 5.95 Å². The third kappa shape index (κ3) is 6.09. The Hall–Kier alpha value is -3.32. The topological polar surface area (TPSA) is 88.6 Å². The lowest BCUT2D eigenvalue weighted by Gasteiger charge is -2.11. The summed E-state index contributed by atoms with van der Waals surface area (Å²) in [6.45, 7) is 2.41. The zero-order valence-electron chi connectivity index (χ0n) is 16.8. The van der Waals surface area contributed by atoms with Gasteiger partial charge in [0.15, 0.2) is 11.5 Å². The van der Waals surface area contributed by atoms with E-state index >= 15 is 0 Å². The van der Waals surface area contributed by atoms with Crippen LogP contribution in [0.5, 0.6) is 11.5 Å². The van der Waals surface area contributed by atoms with Crippen LogP contribution in [0.25, 0.3) is 0 Å². The number of methoxy groups -OCH3 is 1. The molecule has 0 spiro atoms. The summed E-state index contributed by atoms with van der Waals surface area (Å²) in [4.78, 5) is 18.7. The molecule has 2 aromatic carbocycles. The van der Waals surface area contributed by atoms with E-state index in [4.69, 9.17) is 21.1 Å². The lowest BCUT2D eigenvalue weighted by Crippen LogP contribution is -2.12. The first-order valence-electron chi connectivity index (χ1n) is 9.52. The highest BCUT2D eigenvalue weighted by Gasteiger charge is 2.06. The number of halogens is 1. The number of aryl methyl sites for hydroxylation is 1. The Kier molecular flexibility index (Phi) is 7.45. The van der Waals surface area contributed by atoms with Crippen LogP contribution < -0.4 is 20.5 Å². The lowest BCUT2D eigenvalue weighted by molar-refractivity contribution is 0.284. The zero-order valence-corrected chi connectivity index (χ0v) is 17.6. The van der Waals surface area contributed by atoms with Crippen LogP contribution in [0, 0.1) is 0 Å². The maximum Gasteiger partial charge on any atom is 0.252 e. The molecule has 0 saturated heterocycles. The minimum Gasteiger partial charge on any atom is -0.493 e. The first-order valence-corrected chi connectivity index (χ1v) is 9.89. The molecule has 156 valence electrons. The number of nitrogens with one attached hydrogen (secondary N) is 2. The maximum absolute atomic E-state index is 11.7. The van der Waals surface area contributed by atoms with Gasteiger partial charge in [0, 0.05) is 16.8 Å². The van der Waals surface area contributed by atoms with Crippen molar-refractivity contribution in [1.29, 1.82) is 0 Å². The van der Waals surface area contributed by atoms with Gasteiger partial charge in [0.2, 0.25) is 5.95 Å². The van der Waals surface area contributed by atoms with Gasteiger partial charge in [-0.25, -0.2) is 10.4 Å². The van der Waals surface area contributed by atoms with E-state index in [-0.39, 0.29) is 5.56 Å². The average molecular weight is 427 g/mol. The summed E-state index contributed by atoms with van der Waals surface area (Å²) in [7, 11) is 1.59. The van der Waals surface area contributed by atoms with E-state index in [0.717, 1.165) is 29.7 Å². The van der Waals surface area contributed by atoms with Crippen molar-refractivity contribution in [2.24, 2.45) is 5.10 Å². The van der Waals surface area contributed by atoms with Crippen LogP contribution in [0.15, 0.2) is 58.4 Å². The third-order valence-corrected chi connectivity index (χ3v) is 4.43. The van der Waals surface area contributed by atoms with Gasteiger partial charge in [-0.05, 0) is 47.9 Å². The SMILES string of the molecule is CCCc1cc(=O)[nH]c(N/N=C/c2ccc(OC)c(OCc3ccc(Cl)cc3)c2)n1. The summed E-state index contributed by atoms with van der Waals surface area (Å²) in [6, 6.07) is 14.4. The van der Waals surface area contributed by atoms with Crippen molar-refractivity contribution in [3.05, 3.63) is 80.7 Å². The van der Waals surface area contributed by atoms with Crippen LogP contribution in [-0.2, 0) is 13.0 Å². The van der Waals surface area contributed by atoms with Crippen LogP contribution >= 0.6 is 11.6 Å². The highest BCUT2D eigenvalue weighted by atomic mass is 35.5. The molecule has 0 bridgehead atoms. The molecule has 0 aliphatic heterocycles. The molecule has 30 heavy (non-hydrogen) atoms. The number of ether oxygens (including phenoxy) is 2. The minimum atomic E-state index is -0.214. The summed E-state index contributed by atoms with van der Waals surface area (Å²) >= 11 is 5.92. The molecule has 3 rings (SSSR count). The van der Waals surface area contributed by atoms with Gasteiger partial charge >= 0.3 is 0 Å². The van der Waals surface area contributed by atoms with Gasteiger partial charge in [-0.2, -0.15) is 5.10 Å². The number of rotatable bonds is 9. The summed E-state index contributed by atoms with van der Waals surface area (Å²) in [5.74, 6) is 1.51. The van der Waals surface area contributed by atoms with E-state index in [0.29, 0.717) is 29.1 Å². The fraction of sp³-hybridized carbons (Fsp3) is 0.227. The second-order valence-corrected chi connectivity index (χ2v) is 6.97. The van der Waals surface area contributed by atoms with Crippen LogP contribution in [0.3, 0.4) is 0 Å². The van der Waals surface area contributed by atoms with Gasteiger partial charge < -0.3 is 9.47 Å². The van der Waals surface area contributed by atoms with Crippen molar-refractivity contribution in [2.75, 3.05) is 12.5 Å². The molecule has 1 aromatic heterocycles. The molecule has 0 aliphatic rings. The highest BCUT2D eigenvalue weighted by Crippen LogP contribution is 2.28. The second kappa shape index (κ2) is 10.5. The Morgan fingerprint density at radius 1 is 1.17 bits per heavy atom. The predicted molar refractivity (Wildman–Crippen MR) is 119 cm³/mol. The van der Waals surface area contributed by atoms with Gasteiger partial charge in [-0.3, -0.25) is 9.78 Å². The highest BCUT2D eigenvalue weighted by molar-refractivity contribution is 6.30. The van der Waals surface area contributed by atoms with Crippen LogP contribution in [-0.4, -0.2) is 23.3 Å². The Labute approximate surface area is 179 Å². The van der Waals surface area contributed by atoms with E-state index in [2.05, 4.69) is 20.5 Å². The van der Waals surface area contributed by atoms with Crippen molar-refractivity contribution < 1.29 is 9.47 Å². The van der Waals surface area contributed by atoms with Gasteiger partial charge in [0.05, 0.1) is 13.3 Å². The molecule has 3 aromatic rings. The fourth-order valence-electron chi connectivity index (χ4n) is 2.74. The number of hydrazone groups is 1. The van der Waals surface area contributed by atoms with Gasteiger partial charge in [-0.15, -0.1) is 0 Å². The Morgan fingerprint density at radius 3 is 2.70 bits per heavy atom. The Balaban J connectivity index is 1.69. The summed E-state index contributed by atoms with van der Waals surface area (Å²) < 4.78 is 11.3. The molecule has 2 N–H and O–H groups in total. The van der Waals surface area contributed by atoms with Crippen molar-refractivity contribution in [3.8, 4) is 11.5 Å². The molecule has 0 fully saturated rings. The maximum atomic E-state index is 11.7. The molecule has 8 heteroatoms. The third-order valence-electron chi connectivity index (χ3n) is 4.18. The van der Waals surface area contributed by atoms with Crippen molar-refractivity contribution >= 4 is 23.8 Å². The number of hydrogen-bond donors (Lipinski definition) is 2. The fourth-order valence-corrected chi connectivity index (χ4v) is 2.87. The lowest BCUT2D eigenvalue weighted by atomic mass is 10.2. The number of H-pyrrole nitrogens is 1. The molecule has 7 nitrogen and oxygen atoms in total. The standard InChI is InChI=1S/C22H23ClN4O3/c1-3-4-18-12-21(28)26-22(25-18)27-24-13-16-7-10-19(29-2)20(11-16)30-14-15-5-8-17(23)9-6-15/h5-13H,3-4,14H2,1-2H3,(H2,25,26,27,28)/b24-13+. The average Bonchev–Trinajstić information content (AvgIpc) is 2.73. The smallest absolute Gasteiger partial charge is 0.252 e. The zero-order chi connectivity index (χ0) is 21.3. The van der Waals surface area contributed by atoms with E-state index < -0.39 is 0 Å². The number of benzene rings is 2. The second-order valence-electron chi connectivity index (χ2n) is 6.53. The normalized spacial score (nSPS) is 10.9. The molecule has 0 unspecified atom stereocenters. The first-order chi connectivity index (χ1) is 14.6. The molecule has 1 heterocycles. The predicted octanol–water partition coefficient (Wildman–Crippen LogP) is 4.41. The van der Waals surface area contributed by atoms with Crippen LogP contribution in [0.1, 0.15) is 30.2 Å². The molecule has 0 amide bonds. The summed E-state index contributed by atoms with van der Waals surface area (Å²) in [5, 5.41) is 4.84. The number of aromatic nitrogens is 2. The Bertz CT molecular complexity index is 1060. The quantitative estimate of drug-likeness (QED) is 0.391. The van der Waals surface area contributed by atoms with Crippen molar-refractivity contribution in [3.63, 3.8) is 0 Å². The number of aromatic amines is 1. The van der Waals surface area contributed by atoms with E-state index in [1.165, 1.54) is 6.07 Å². The van der Waals surface area contributed by atoms with Gasteiger partial charge in [-0.1, -0.05) is 37.1 Å². The van der Waals surface area contributed by atoms with E-state index in [1.54, 1.807) is 19.4 Å². The number of hydrogen-bond acceptors (Lipinski definition) is 6. The van der Waals surface area contributed by atoms with Crippen molar-refractivity contribution in [1.82, 2.24) is 9.97 Å². The molecule has 0 atom stereocenters. The molecular formula is C22H23ClN4O3. The molecule has 0 radical (unpaired) electrons. The molecule has 0 saturated carbocycles. The van der Waals surface area contributed by atoms with Crippen molar-refractivity contribution in [2.45, 2.75) is 26.4 Å². The molecule has 0 aliphatic carbocycles. The largest absolute Gasteiger partial charge is 0.493 e. The minimum absolute atomic E-state index is 0.214. The van der Waals surface area contributed by atoms with Gasteiger partial charge in [0.25, 0.3) is 5.56 Å².